The normalized spacial score (nSPS) is 10.5. The van der Waals surface area contributed by atoms with Crippen molar-refractivity contribution in [1.29, 1.82) is 0 Å². The Labute approximate surface area is 159 Å². The number of carbonyl (C=O) groups excluding carboxylic acids is 3. The zero-order chi connectivity index (χ0) is 20.1. The van der Waals surface area contributed by atoms with Crippen molar-refractivity contribution in [2.75, 3.05) is 19.0 Å². The fraction of sp³-hybridized carbons (Fsp3) is 0.150. The third kappa shape index (κ3) is 4.29. The minimum absolute atomic E-state index is 0.0554. The Kier molecular flexibility index (Phi) is 5.59. The molecule has 3 rings (SSSR count). The summed E-state index contributed by atoms with van der Waals surface area (Å²) >= 11 is 0. The van der Waals surface area contributed by atoms with Gasteiger partial charge < -0.3 is 24.3 Å². The van der Waals surface area contributed by atoms with E-state index in [9.17, 15) is 19.5 Å². The first-order valence-electron chi connectivity index (χ1n) is 8.30. The molecule has 1 aromatic heterocycles. The number of hydrogen-bond donors (Lipinski definition) is 2. The van der Waals surface area contributed by atoms with E-state index in [4.69, 9.17) is 9.15 Å². The number of benzene rings is 2. The third-order valence-electron chi connectivity index (χ3n) is 3.94. The Morgan fingerprint density at radius 1 is 1.14 bits per heavy atom. The molecule has 144 valence electrons. The molecule has 1 amide bonds. The van der Waals surface area contributed by atoms with Gasteiger partial charge in [-0.25, -0.2) is 4.79 Å². The number of ether oxygens (including phenoxy) is 2. The maximum absolute atomic E-state index is 12.0. The van der Waals surface area contributed by atoms with Crippen LogP contribution in [0, 0.1) is 0 Å². The number of rotatable bonds is 6. The van der Waals surface area contributed by atoms with Crippen molar-refractivity contribution in [3.05, 3.63) is 59.9 Å². The molecule has 0 bridgehead atoms. The Hall–Kier alpha value is -3.81. The topological polar surface area (TPSA) is 115 Å². The second-order valence-electron chi connectivity index (χ2n) is 5.86. The maximum atomic E-state index is 12.0. The molecule has 0 radical (unpaired) electrons. The van der Waals surface area contributed by atoms with Gasteiger partial charge >= 0.3 is 11.9 Å². The molecule has 2 aromatic carbocycles. The number of methoxy groups -OCH3 is 1. The minimum atomic E-state index is -0.618. The second-order valence-corrected chi connectivity index (χ2v) is 5.86. The SMILES string of the molecule is COC(=O)c1ccccc1NC(=O)COC(=O)Cc1coc2cc(O)ccc12. The number of amides is 1. The van der Waals surface area contributed by atoms with E-state index in [1.165, 1.54) is 31.6 Å². The molecule has 0 aliphatic carbocycles. The minimum Gasteiger partial charge on any atom is -0.508 e. The van der Waals surface area contributed by atoms with Gasteiger partial charge in [0.15, 0.2) is 6.61 Å². The first-order valence-corrected chi connectivity index (χ1v) is 8.30. The van der Waals surface area contributed by atoms with Crippen molar-refractivity contribution < 1.29 is 33.4 Å². The van der Waals surface area contributed by atoms with Crippen molar-refractivity contribution >= 4 is 34.5 Å². The zero-order valence-electron chi connectivity index (χ0n) is 14.9. The Morgan fingerprint density at radius 2 is 1.93 bits per heavy atom. The predicted molar refractivity (Wildman–Crippen MR) is 99.0 cm³/mol. The predicted octanol–water partition coefficient (Wildman–Crippen LogP) is 2.65. The van der Waals surface area contributed by atoms with Crippen LogP contribution in [0.25, 0.3) is 11.0 Å². The highest BCUT2D eigenvalue weighted by atomic mass is 16.5. The van der Waals surface area contributed by atoms with Crippen LogP contribution in [0.4, 0.5) is 5.69 Å². The number of hydrogen-bond acceptors (Lipinski definition) is 7. The molecule has 1 heterocycles. The highest BCUT2D eigenvalue weighted by Gasteiger charge is 2.16. The smallest absolute Gasteiger partial charge is 0.339 e. The number of phenolic OH excluding ortho intramolecular Hbond substituents is 1. The number of furan rings is 1. The molecular formula is C20H17NO7. The zero-order valence-corrected chi connectivity index (χ0v) is 14.9. The number of anilines is 1. The molecule has 0 fully saturated rings. The number of fused-ring (bicyclic) bond motifs is 1. The summed E-state index contributed by atoms with van der Waals surface area (Å²) in [7, 11) is 1.24. The highest BCUT2D eigenvalue weighted by molar-refractivity contribution is 6.01. The lowest BCUT2D eigenvalue weighted by molar-refractivity contribution is -0.146. The molecule has 0 saturated carbocycles. The van der Waals surface area contributed by atoms with E-state index in [1.807, 2.05) is 0 Å². The monoisotopic (exact) mass is 383 g/mol. The molecule has 0 spiro atoms. The first-order chi connectivity index (χ1) is 13.5. The number of aromatic hydroxyl groups is 1. The number of para-hydroxylation sites is 1. The second kappa shape index (κ2) is 8.26. The summed E-state index contributed by atoms with van der Waals surface area (Å²) in [6.45, 7) is -0.509. The summed E-state index contributed by atoms with van der Waals surface area (Å²) in [5.41, 5.74) is 1.48. The molecule has 0 aliphatic rings. The van der Waals surface area contributed by atoms with Gasteiger partial charge in [-0.05, 0) is 24.3 Å². The Balaban J connectivity index is 1.57. The standard InChI is InChI=1S/C20H17NO7/c1-26-20(25)15-4-2-3-5-16(15)21-18(23)11-28-19(24)8-12-10-27-17-9-13(22)6-7-14(12)17/h2-7,9-10,22H,8,11H2,1H3,(H,21,23). The van der Waals surface area contributed by atoms with Crippen molar-refractivity contribution in [3.8, 4) is 5.75 Å². The van der Waals surface area contributed by atoms with E-state index in [-0.39, 0.29) is 23.4 Å². The summed E-state index contributed by atoms with van der Waals surface area (Å²) in [5, 5.41) is 12.6. The fourth-order valence-electron chi connectivity index (χ4n) is 2.63. The summed E-state index contributed by atoms with van der Waals surface area (Å²) < 4.78 is 14.9. The molecule has 28 heavy (non-hydrogen) atoms. The number of esters is 2. The van der Waals surface area contributed by atoms with E-state index >= 15 is 0 Å². The van der Waals surface area contributed by atoms with E-state index in [0.717, 1.165) is 0 Å². The fourth-order valence-corrected chi connectivity index (χ4v) is 2.63. The van der Waals surface area contributed by atoms with Crippen molar-refractivity contribution in [1.82, 2.24) is 0 Å². The lowest BCUT2D eigenvalue weighted by atomic mass is 10.1. The van der Waals surface area contributed by atoms with Crippen LogP contribution in [0.2, 0.25) is 0 Å². The Morgan fingerprint density at radius 3 is 2.71 bits per heavy atom. The van der Waals surface area contributed by atoms with Gasteiger partial charge in [-0.2, -0.15) is 0 Å². The molecule has 3 aromatic rings. The van der Waals surface area contributed by atoms with Gasteiger partial charge in [-0.15, -0.1) is 0 Å². The van der Waals surface area contributed by atoms with E-state index < -0.39 is 24.5 Å². The molecule has 2 N–H and O–H groups in total. The van der Waals surface area contributed by atoms with E-state index in [2.05, 4.69) is 10.1 Å². The molecule has 0 aliphatic heterocycles. The van der Waals surface area contributed by atoms with Crippen LogP contribution in [0.3, 0.4) is 0 Å². The van der Waals surface area contributed by atoms with Crippen molar-refractivity contribution in [3.63, 3.8) is 0 Å². The maximum Gasteiger partial charge on any atom is 0.339 e. The van der Waals surface area contributed by atoms with Gasteiger partial charge in [-0.3, -0.25) is 9.59 Å². The quantitative estimate of drug-likeness (QED) is 0.629. The Bertz CT molecular complexity index is 1040. The summed E-state index contributed by atoms with van der Waals surface area (Å²) in [6, 6.07) is 10.9. The van der Waals surface area contributed by atoms with Crippen LogP contribution in [0.15, 0.2) is 53.1 Å². The van der Waals surface area contributed by atoms with Gasteiger partial charge in [-0.1, -0.05) is 12.1 Å². The number of phenols is 1. The van der Waals surface area contributed by atoms with Gasteiger partial charge in [0, 0.05) is 17.0 Å². The van der Waals surface area contributed by atoms with Gasteiger partial charge in [0.25, 0.3) is 5.91 Å². The third-order valence-corrected chi connectivity index (χ3v) is 3.94. The molecule has 0 unspecified atom stereocenters. The van der Waals surface area contributed by atoms with Crippen LogP contribution in [-0.2, 0) is 25.5 Å². The van der Waals surface area contributed by atoms with Gasteiger partial charge in [0.1, 0.15) is 11.3 Å². The van der Waals surface area contributed by atoms with Crippen molar-refractivity contribution in [2.45, 2.75) is 6.42 Å². The number of carbonyl (C=O) groups is 3. The molecular weight excluding hydrogens is 366 g/mol. The van der Waals surface area contributed by atoms with Crippen LogP contribution < -0.4 is 5.32 Å². The van der Waals surface area contributed by atoms with Crippen LogP contribution >= 0.6 is 0 Å². The van der Waals surface area contributed by atoms with Crippen molar-refractivity contribution in [2.24, 2.45) is 0 Å². The highest BCUT2D eigenvalue weighted by Crippen LogP contribution is 2.25. The lowest BCUT2D eigenvalue weighted by Crippen LogP contribution is -2.22. The molecule has 8 heteroatoms. The van der Waals surface area contributed by atoms with E-state index in [1.54, 1.807) is 24.3 Å². The average Bonchev–Trinajstić information content (AvgIpc) is 3.08. The average molecular weight is 383 g/mol. The van der Waals surface area contributed by atoms with E-state index in [0.29, 0.717) is 16.5 Å². The largest absolute Gasteiger partial charge is 0.508 e. The summed E-state index contributed by atoms with van der Waals surface area (Å²) in [6.07, 6.45) is 1.31. The summed E-state index contributed by atoms with van der Waals surface area (Å²) in [4.78, 5) is 35.8. The molecule has 8 nitrogen and oxygen atoms in total. The number of nitrogens with one attached hydrogen (secondary N) is 1. The lowest BCUT2D eigenvalue weighted by Gasteiger charge is -2.10. The van der Waals surface area contributed by atoms with Crippen LogP contribution in [0.1, 0.15) is 15.9 Å². The van der Waals surface area contributed by atoms with Gasteiger partial charge in [0.05, 0.1) is 31.0 Å². The molecule has 0 saturated heterocycles. The van der Waals surface area contributed by atoms with Crippen LogP contribution in [0.5, 0.6) is 5.75 Å². The first kappa shape index (κ1) is 19.0. The van der Waals surface area contributed by atoms with Crippen LogP contribution in [-0.4, -0.2) is 36.7 Å². The van der Waals surface area contributed by atoms with Gasteiger partial charge in [0.2, 0.25) is 0 Å². The summed E-state index contributed by atoms with van der Waals surface area (Å²) in [5.74, 6) is -1.75. The molecule has 0 atom stereocenters.